The van der Waals surface area contributed by atoms with Gasteiger partial charge in [-0.15, -0.1) is 0 Å². The maximum absolute atomic E-state index is 5.71. The van der Waals surface area contributed by atoms with Gasteiger partial charge in [0.1, 0.15) is 5.75 Å². The van der Waals surface area contributed by atoms with E-state index in [9.17, 15) is 0 Å². The molecule has 0 heterocycles. The van der Waals surface area contributed by atoms with Crippen molar-refractivity contribution in [2.24, 2.45) is 17.6 Å². The SMILES string of the molecule is Cc1cc(OCC(C)C)ccc1CC(C)C(N)=S. The van der Waals surface area contributed by atoms with Gasteiger partial charge in [0.25, 0.3) is 0 Å². The van der Waals surface area contributed by atoms with E-state index in [0.29, 0.717) is 10.9 Å². The molecule has 0 aliphatic heterocycles. The second-order valence-electron chi connectivity index (χ2n) is 5.30. The van der Waals surface area contributed by atoms with Gasteiger partial charge >= 0.3 is 0 Å². The molecule has 0 amide bonds. The molecule has 0 aromatic heterocycles. The van der Waals surface area contributed by atoms with E-state index in [1.165, 1.54) is 11.1 Å². The van der Waals surface area contributed by atoms with Gasteiger partial charge in [-0.05, 0) is 42.5 Å². The first-order chi connectivity index (χ1) is 8.40. The smallest absolute Gasteiger partial charge is 0.119 e. The van der Waals surface area contributed by atoms with E-state index in [0.717, 1.165) is 18.8 Å². The maximum atomic E-state index is 5.71. The van der Waals surface area contributed by atoms with Crippen molar-refractivity contribution < 1.29 is 4.74 Å². The summed E-state index contributed by atoms with van der Waals surface area (Å²) in [6.45, 7) is 9.20. The second-order valence-corrected chi connectivity index (χ2v) is 5.77. The Balaban J connectivity index is 2.70. The summed E-state index contributed by atoms with van der Waals surface area (Å²) in [4.78, 5) is 0.578. The molecular formula is C15H23NOS. The van der Waals surface area contributed by atoms with E-state index in [1.54, 1.807) is 0 Å². The van der Waals surface area contributed by atoms with Gasteiger partial charge in [0.05, 0.1) is 11.6 Å². The van der Waals surface area contributed by atoms with Crippen LogP contribution in [0.1, 0.15) is 31.9 Å². The summed E-state index contributed by atoms with van der Waals surface area (Å²) in [7, 11) is 0. The lowest BCUT2D eigenvalue weighted by Gasteiger charge is -2.14. The number of thiocarbonyl (C=S) groups is 1. The Morgan fingerprint density at radius 1 is 1.33 bits per heavy atom. The van der Waals surface area contributed by atoms with Crippen LogP contribution in [-0.4, -0.2) is 11.6 Å². The normalized spacial score (nSPS) is 12.5. The van der Waals surface area contributed by atoms with Gasteiger partial charge in [-0.3, -0.25) is 0 Å². The third-order valence-electron chi connectivity index (χ3n) is 2.91. The van der Waals surface area contributed by atoms with Crippen LogP contribution in [-0.2, 0) is 6.42 Å². The van der Waals surface area contributed by atoms with E-state index in [-0.39, 0.29) is 5.92 Å². The molecule has 0 spiro atoms. The Bertz CT molecular complexity index is 415. The van der Waals surface area contributed by atoms with Gasteiger partial charge in [0, 0.05) is 5.92 Å². The molecule has 0 saturated heterocycles. The van der Waals surface area contributed by atoms with Crippen molar-refractivity contribution in [3.8, 4) is 5.75 Å². The summed E-state index contributed by atoms with van der Waals surface area (Å²) >= 11 is 5.01. The minimum absolute atomic E-state index is 0.237. The van der Waals surface area contributed by atoms with Crippen LogP contribution >= 0.6 is 12.2 Å². The largest absolute Gasteiger partial charge is 0.493 e. The van der Waals surface area contributed by atoms with Crippen molar-refractivity contribution in [1.29, 1.82) is 0 Å². The highest BCUT2D eigenvalue weighted by Gasteiger charge is 2.09. The quantitative estimate of drug-likeness (QED) is 0.800. The number of rotatable bonds is 6. The number of hydrogen-bond acceptors (Lipinski definition) is 2. The Kier molecular flexibility index (Phi) is 5.60. The van der Waals surface area contributed by atoms with Crippen LogP contribution in [0, 0.1) is 18.8 Å². The molecule has 0 fully saturated rings. The Morgan fingerprint density at radius 3 is 2.50 bits per heavy atom. The predicted octanol–water partition coefficient (Wildman–Crippen LogP) is 3.49. The minimum atomic E-state index is 0.237. The fraction of sp³-hybridized carbons (Fsp3) is 0.533. The molecule has 2 nitrogen and oxygen atoms in total. The van der Waals surface area contributed by atoms with Crippen LogP contribution in [0.4, 0.5) is 0 Å². The lowest BCUT2D eigenvalue weighted by molar-refractivity contribution is 0.271. The molecule has 1 unspecified atom stereocenters. The fourth-order valence-corrected chi connectivity index (χ4v) is 1.76. The molecule has 0 bridgehead atoms. The number of hydrogen-bond donors (Lipinski definition) is 1. The zero-order valence-corrected chi connectivity index (χ0v) is 12.5. The fourth-order valence-electron chi connectivity index (χ4n) is 1.68. The topological polar surface area (TPSA) is 35.2 Å². The number of ether oxygens (including phenoxy) is 1. The van der Waals surface area contributed by atoms with E-state index in [4.69, 9.17) is 22.7 Å². The van der Waals surface area contributed by atoms with Crippen molar-refractivity contribution in [1.82, 2.24) is 0 Å². The lowest BCUT2D eigenvalue weighted by Crippen LogP contribution is -2.20. The number of aryl methyl sites for hydroxylation is 1. The van der Waals surface area contributed by atoms with Crippen LogP contribution in [0.2, 0.25) is 0 Å². The molecule has 18 heavy (non-hydrogen) atoms. The molecule has 0 saturated carbocycles. The maximum Gasteiger partial charge on any atom is 0.119 e. The molecule has 1 aromatic carbocycles. The molecule has 0 aliphatic carbocycles. The van der Waals surface area contributed by atoms with Gasteiger partial charge in [-0.2, -0.15) is 0 Å². The Morgan fingerprint density at radius 2 is 2.00 bits per heavy atom. The molecule has 1 rings (SSSR count). The standard InChI is InChI=1S/C15H23NOS/c1-10(2)9-17-14-6-5-13(11(3)8-14)7-12(4)15(16)18/h5-6,8,10,12H,7,9H2,1-4H3,(H2,16,18). The first kappa shape index (κ1) is 15.0. The van der Waals surface area contributed by atoms with E-state index in [1.807, 2.05) is 6.07 Å². The van der Waals surface area contributed by atoms with Crippen LogP contribution in [0.15, 0.2) is 18.2 Å². The van der Waals surface area contributed by atoms with Crippen molar-refractivity contribution in [2.75, 3.05) is 6.61 Å². The summed E-state index contributed by atoms with van der Waals surface area (Å²) < 4.78 is 5.71. The summed E-state index contributed by atoms with van der Waals surface area (Å²) in [5, 5.41) is 0. The van der Waals surface area contributed by atoms with Gasteiger partial charge < -0.3 is 10.5 Å². The van der Waals surface area contributed by atoms with Gasteiger partial charge in [0.2, 0.25) is 0 Å². The zero-order chi connectivity index (χ0) is 13.7. The molecule has 1 atom stereocenters. The average molecular weight is 265 g/mol. The summed E-state index contributed by atoms with van der Waals surface area (Å²) in [6.07, 6.45) is 0.894. The minimum Gasteiger partial charge on any atom is -0.493 e. The van der Waals surface area contributed by atoms with Crippen LogP contribution in [0.3, 0.4) is 0 Å². The summed E-state index contributed by atoms with van der Waals surface area (Å²) in [6, 6.07) is 6.22. The van der Waals surface area contributed by atoms with Crippen LogP contribution < -0.4 is 10.5 Å². The third kappa shape index (κ3) is 4.65. The van der Waals surface area contributed by atoms with Crippen LogP contribution in [0.5, 0.6) is 5.75 Å². The van der Waals surface area contributed by atoms with E-state index in [2.05, 4.69) is 39.8 Å². The summed E-state index contributed by atoms with van der Waals surface area (Å²) in [5.74, 6) is 1.72. The Labute approximate surface area is 116 Å². The zero-order valence-electron chi connectivity index (χ0n) is 11.7. The van der Waals surface area contributed by atoms with E-state index < -0.39 is 0 Å². The van der Waals surface area contributed by atoms with Crippen LogP contribution in [0.25, 0.3) is 0 Å². The van der Waals surface area contributed by atoms with Gasteiger partial charge in [0.15, 0.2) is 0 Å². The lowest BCUT2D eigenvalue weighted by atomic mass is 9.97. The highest BCUT2D eigenvalue weighted by atomic mass is 32.1. The van der Waals surface area contributed by atoms with Crippen molar-refractivity contribution in [2.45, 2.75) is 34.1 Å². The first-order valence-electron chi connectivity index (χ1n) is 6.41. The van der Waals surface area contributed by atoms with Crippen molar-refractivity contribution in [3.63, 3.8) is 0 Å². The number of benzene rings is 1. The molecule has 0 radical (unpaired) electrons. The third-order valence-corrected chi connectivity index (χ3v) is 3.31. The summed E-state index contributed by atoms with van der Waals surface area (Å²) in [5.41, 5.74) is 8.17. The monoisotopic (exact) mass is 265 g/mol. The molecule has 100 valence electrons. The highest BCUT2D eigenvalue weighted by Crippen LogP contribution is 2.20. The molecule has 0 aliphatic rings. The second kappa shape index (κ2) is 6.74. The van der Waals surface area contributed by atoms with Gasteiger partial charge in [-0.25, -0.2) is 0 Å². The number of nitrogens with two attached hydrogens (primary N) is 1. The molecular weight excluding hydrogens is 242 g/mol. The molecule has 3 heteroatoms. The Hall–Kier alpha value is -1.09. The average Bonchev–Trinajstić information content (AvgIpc) is 2.29. The predicted molar refractivity (Wildman–Crippen MR) is 81.2 cm³/mol. The van der Waals surface area contributed by atoms with E-state index >= 15 is 0 Å². The highest BCUT2D eigenvalue weighted by molar-refractivity contribution is 7.80. The van der Waals surface area contributed by atoms with Gasteiger partial charge in [-0.1, -0.05) is 39.1 Å². The molecule has 1 aromatic rings. The first-order valence-corrected chi connectivity index (χ1v) is 6.82. The molecule has 2 N–H and O–H groups in total. The van der Waals surface area contributed by atoms with Crippen molar-refractivity contribution >= 4 is 17.2 Å². The van der Waals surface area contributed by atoms with Crippen molar-refractivity contribution in [3.05, 3.63) is 29.3 Å².